The highest BCUT2D eigenvalue weighted by Crippen LogP contribution is 2.30. The maximum Gasteiger partial charge on any atom is 0.161 e. The Balaban J connectivity index is 2.14. The van der Waals surface area contributed by atoms with Crippen molar-refractivity contribution < 1.29 is 4.74 Å². The minimum absolute atomic E-state index is 0.168. The van der Waals surface area contributed by atoms with Crippen molar-refractivity contribution in [2.75, 3.05) is 19.4 Å². The molecule has 0 fully saturated rings. The van der Waals surface area contributed by atoms with Gasteiger partial charge < -0.3 is 10.1 Å². The zero-order valence-corrected chi connectivity index (χ0v) is 14.0. The molecule has 6 heteroatoms. The molecule has 4 nitrogen and oxygen atoms in total. The lowest BCUT2D eigenvalue weighted by atomic mass is 10.2. The first kappa shape index (κ1) is 16.2. The summed E-state index contributed by atoms with van der Waals surface area (Å²) in [5.41, 5.74) is 1.06. The zero-order valence-electron chi connectivity index (χ0n) is 12.5. The Labute approximate surface area is 134 Å². The number of aryl methyl sites for hydroxylation is 1. The van der Waals surface area contributed by atoms with Gasteiger partial charge in [-0.2, -0.15) is 5.10 Å². The standard InChI is InChI=1S/C15H20ClN3OS/c1-4-17-13(15-14(20-3)9-18-19(15)2)10-21-12-7-5-6-11(16)8-12/h5-9,13,17H,4,10H2,1-3H3. The first-order chi connectivity index (χ1) is 10.2. The molecule has 0 aliphatic rings. The van der Waals surface area contributed by atoms with E-state index in [2.05, 4.69) is 23.4 Å². The summed E-state index contributed by atoms with van der Waals surface area (Å²) in [7, 11) is 3.61. The summed E-state index contributed by atoms with van der Waals surface area (Å²) < 4.78 is 7.28. The number of thioether (sulfide) groups is 1. The maximum absolute atomic E-state index is 6.03. The molecule has 1 aromatic heterocycles. The summed E-state index contributed by atoms with van der Waals surface area (Å²) in [5.74, 6) is 1.69. The topological polar surface area (TPSA) is 39.1 Å². The van der Waals surface area contributed by atoms with Gasteiger partial charge in [-0.15, -0.1) is 11.8 Å². The second kappa shape index (κ2) is 7.73. The van der Waals surface area contributed by atoms with Gasteiger partial charge >= 0.3 is 0 Å². The van der Waals surface area contributed by atoms with E-state index in [9.17, 15) is 0 Å². The Kier molecular flexibility index (Phi) is 5.96. The number of aromatic nitrogens is 2. The Hall–Kier alpha value is -1.17. The fourth-order valence-electron chi connectivity index (χ4n) is 2.20. The number of nitrogens with zero attached hydrogens (tertiary/aromatic N) is 2. The van der Waals surface area contributed by atoms with Crippen molar-refractivity contribution in [3.8, 4) is 5.75 Å². The second-order valence-electron chi connectivity index (χ2n) is 4.60. The van der Waals surface area contributed by atoms with Gasteiger partial charge in [0.1, 0.15) is 0 Å². The molecule has 1 atom stereocenters. The molecule has 0 amide bonds. The van der Waals surface area contributed by atoms with Crippen LogP contribution in [0.1, 0.15) is 18.7 Å². The van der Waals surface area contributed by atoms with E-state index in [1.54, 1.807) is 25.1 Å². The van der Waals surface area contributed by atoms with Crippen molar-refractivity contribution in [2.45, 2.75) is 17.9 Å². The summed E-state index contributed by atoms with van der Waals surface area (Å²) in [5, 5.41) is 8.53. The third kappa shape index (κ3) is 4.15. The number of hydrogen-bond donors (Lipinski definition) is 1. The zero-order chi connectivity index (χ0) is 15.2. The van der Waals surface area contributed by atoms with Crippen LogP contribution in [0, 0.1) is 0 Å². The molecule has 0 saturated carbocycles. The van der Waals surface area contributed by atoms with Crippen molar-refractivity contribution in [1.82, 2.24) is 15.1 Å². The SMILES string of the molecule is CCNC(CSc1cccc(Cl)c1)c1c(OC)cnn1C. The first-order valence-electron chi connectivity index (χ1n) is 6.83. The van der Waals surface area contributed by atoms with Crippen LogP contribution in [0.5, 0.6) is 5.75 Å². The molecule has 2 aromatic rings. The quantitative estimate of drug-likeness (QED) is 0.790. The van der Waals surface area contributed by atoms with Gasteiger partial charge in [-0.05, 0) is 24.7 Å². The Morgan fingerprint density at radius 2 is 2.29 bits per heavy atom. The number of ether oxygens (including phenoxy) is 1. The van der Waals surface area contributed by atoms with Crippen molar-refractivity contribution in [3.05, 3.63) is 41.2 Å². The number of benzene rings is 1. The molecule has 1 heterocycles. The van der Waals surface area contributed by atoms with Crippen LogP contribution in [-0.2, 0) is 7.05 Å². The third-order valence-corrected chi connectivity index (χ3v) is 4.48. The first-order valence-corrected chi connectivity index (χ1v) is 8.19. The monoisotopic (exact) mass is 325 g/mol. The normalized spacial score (nSPS) is 12.4. The van der Waals surface area contributed by atoms with E-state index in [0.717, 1.165) is 33.7 Å². The van der Waals surface area contributed by atoms with Gasteiger partial charge in [-0.3, -0.25) is 4.68 Å². The van der Waals surface area contributed by atoms with Crippen LogP contribution in [0.2, 0.25) is 5.02 Å². The molecule has 1 aromatic carbocycles. The van der Waals surface area contributed by atoms with E-state index in [1.807, 2.05) is 29.9 Å². The van der Waals surface area contributed by atoms with Crippen LogP contribution in [0.25, 0.3) is 0 Å². The molecule has 0 spiro atoms. The Morgan fingerprint density at radius 1 is 1.48 bits per heavy atom. The molecule has 1 unspecified atom stereocenters. The molecule has 0 radical (unpaired) electrons. The van der Waals surface area contributed by atoms with Crippen LogP contribution < -0.4 is 10.1 Å². The van der Waals surface area contributed by atoms with Gasteiger partial charge in [0.05, 0.1) is 25.0 Å². The minimum atomic E-state index is 0.168. The van der Waals surface area contributed by atoms with Gasteiger partial charge in [-0.1, -0.05) is 24.6 Å². The van der Waals surface area contributed by atoms with Gasteiger partial charge in [0.15, 0.2) is 5.75 Å². The van der Waals surface area contributed by atoms with Crippen molar-refractivity contribution >= 4 is 23.4 Å². The second-order valence-corrected chi connectivity index (χ2v) is 6.13. The van der Waals surface area contributed by atoms with Gasteiger partial charge in [-0.25, -0.2) is 0 Å². The maximum atomic E-state index is 6.03. The number of hydrogen-bond acceptors (Lipinski definition) is 4. The van der Waals surface area contributed by atoms with Gasteiger partial charge in [0, 0.05) is 22.7 Å². The van der Waals surface area contributed by atoms with Crippen molar-refractivity contribution in [3.63, 3.8) is 0 Å². The van der Waals surface area contributed by atoms with Crippen molar-refractivity contribution in [1.29, 1.82) is 0 Å². The lowest BCUT2D eigenvalue weighted by molar-refractivity contribution is 0.399. The van der Waals surface area contributed by atoms with Crippen LogP contribution in [0.15, 0.2) is 35.4 Å². The summed E-state index contributed by atoms with van der Waals surface area (Å²) in [4.78, 5) is 1.16. The molecular weight excluding hydrogens is 306 g/mol. The molecule has 0 aliphatic heterocycles. The molecule has 21 heavy (non-hydrogen) atoms. The smallest absolute Gasteiger partial charge is 0.161 e. The highest BCUT2D eigenvalue weighted by atomic mass is 35.5. The fraction of sp³-hybridized carbons (Fsp3) is 0.400. The largest absolute Gasteiger partial charge is 0.493 e. The molecule has 0 saturated heterocycles. The number of methoxy groups -OCH3 is 1. The van der Waals surface area contributed by atoms with Crippen molar-refractivity contribution in [2.24, 2.45) is 7.05 Å². The molecule has 114 valence electrons. The number of nitrogens with one attached hydrogen (secondary N) is 1. The van der Waals surface area contributed by atoms with E-state index in [4.69, 9.17) is 16.3 Å². The van der Waals surface area contributed by atoms with Crippen LogP contribution >= 0.6 is 23.4 Å². The summed E-state index contributed by atoms with van der Waals surface area (Å²) in [6.07, 6.45) is 1.75. The van der Waals surface area contributed by atoms with E-state index >= 15 is 0 Å². The molecule has 2 rings (SSSR count). The van der Waals surface area contributed by atoms with E-state index < -0.39 is 0 Å². The minimum Gasteiger partial charge on any atom is -0.493 e. The highest BCUT2D eigenvalue weighted by Gasteiger charge is 2.20. The molecule has 0 bridgehead atoms. The summed E-state index contributed by atoms with van der Waals surface area (Å²) in [6.45, 7) is 2.98. The van der Waals surface area contributed by atoms with Crippen LogP contribution in [-0.4, -0.2) is 29.2 Å². The molecular formula is C15H20ClN3OS. The number of halogens is 1. The Bertz CT molecular complexity index is 588. The van der Waals surface area contributed by atoms with Gasteiger partial charge in [0.25, 0.3) is 0 Å². The van der Waals surface area contributed by atoms with E-state index in [1.165, 1.54) is 0 Å². The lowest BCUT2D eigenvalue weighted by Crippen LogP contribution is -2.25. The molecule has 0 aliphatic carbocycles. The fourth-order valence-corrected chi connectivity index (χ4v) is 3.47. The lowest BCUT2D eigenvalue weighted by Gasteiger charge is -2.19. The van der Waals surface area contributed by atoms with Gasteiger partial charge in [0.2, 0.25) is 0 Å². The van der Waals surface area contributed by atoms with E-state index in [-0.39, 0.29) is 6.04 Å². The predicted molar refractivity (Wildman–Crippen MR) is 88.4 cm³/mol. The Morgan fingerprint density at radius 3 is 2.95 bits per heavy atom. The van der Waals surface area contributed by atoms with Crippen LogP contribution in [0.3, 0.4) is 0 Å². The van der Waals surface area contributed by atoms with E-state index in [0.29, 0.717) is 0 Å². The summed E-state index contributed by atoms with van der Waals surface area (Å²) in [6, 6.07) is 8.08. The number of rotatable bonds is 7. The highest BCUT2D eigenvalue weighted by molar-refractivity contribution is 7.99. The predicted octanol–water partition coefficient (Wildman–Crippen LogP) is 3.53. The van der Waals surface area contributed by atoms with Crippen LogP contribution in [0.4, 0.5) is 0 Å². The average molecular weight is 326 g/mol. The third-order valence-electron chi connectivity index (χ3n) is 3.16. The summed E-state index contributed by atoms with van der Waals surface area (Å²) >= 11 is 7.80. The molecule has 1 N–H and O–H groups in total. The average Bonchev–Trinajstić information content (AvgIpc) is 2.84.